The summed E-state index contributed by atoms with van der Waals surface area (Å²) in [5.41, 5.74) is 2.76. The number of hydrogen-bond donors (Lipinski definition) is 1. The first-order valence-corrected chi connectivity index (χ1v) is 4.71. The van der Waals surface area contributed by atoms with Gasteiger partial charge in [0.05, 0.1) is 6.20 Å². The van der Waals surface area contributed by atoms with Crippen molar-refractivity contribution < 1.29 is 0 Å². The lowest BCUT2D eigenvalue weighted by Gasteiger charge is -1.91. The predicted molar refractivity (Wildman–Crippen MR) is 43.1 cm³/mol. The van der Waals surface area contributed by atoms with Gasteiger partial charge in [-0.15, -0.1) is 0 Å². The van der Waals surface area contributed by atoms with Crippen LogP contribution in [-0.4, -0.2) is 16.0 Å². The molecule has 0 unspecified atom stereocenters. The number of aryl methyl sites for hydroxylation is 1. The molecule has 0 saturated heterocycles. The summed E-state index contributed by atoms with van der Waals surface area (Å²) in [5, 5.41) is 7.04. The Morgan fingerprint density at radius 1 is 1.60 bits per heavy atom. The van der Waals surface area contributed by atoms with Gasteiger partial charge in [0.15, 0.2) is 0 Å². The zero-order chi connectivity index (χ0) is 6.81. The quantitative estimate of drug-likeness (QED) is 0.614. The average Bonchev–Trinajstić information content (AvgIpc) is 2.28. The predicted octanol–water partition coefficient (Wildman–Crippen LogP) is 1.59. The second-order valence-electron chi connectivity index (χ2n) is 2.53. The fourth-order valence-corrected chi connectivity index (χ4v) is 2.17. The number of H-pyrrole nitrogens is 1. The van der Waals surface area contributed by atoms with Gasteiger partial charge in [-0.25, -0.2) is 0 Å². The van der Waals surface area contributed by atoms with E-state index in [1.54, 1.807) is 0 Å². The fraction of sp³-hybridized carbons (Fsp3) is 0.571. The van der Waals surface area contributed by atoms with Crippen LogP contribution in [0.25, 0.3) is 0 Å². The molecule has 2 heterocycles. The van der Waals surface area contributed by atoms with E-state index in [-0.39, 0.29) is 0 Å². The molecule has 2 rings (SSSR count). The van der Waals surface area contributed by atoms with E-state index < -0.39 is 0 Å². The van der Waals surface area contributed by atoms with Crippen molar-refractivity contribution in [1.82, 2.24) is 10.2 Å². The molecular weight excluding hydrogens is 144 g/mol. The molecule has 1 aliphatic heterocycles. The second-order valence-corrected chi connectivity index (χ2v) is 3.64. The van der Waals surface area contributed by atoms with Crippen LogP contribution in [0.3, 0.4) is 0 Å². The number of thioether (sulfide) groups is 1. The topological polar surface area (TPSA) is 28.7 Å². The minimum atomic E-state index is 1.14. The van der Waals surface area contributed by atoms with Gasteiger partial charge in [0.1, 0.15) is 0 Å². The lowest BCUT2D eigenvalue weighted by molar-refractivity contribution is 0.876. The van der Waals surface area contributed by atoms with E-state index in [9.17, 15) is 0 Å². The number of aromatic amines is 1. The number of aromatic nitrogens is 2. The van der Waals surface area contributed by atoms with Gasteiger partial charge in [0.2, 0.25) is 0 Å². The van der Waals surface area contributed by atoms with Crippen LogP contribution in [0.2, 0.25) is 0 Å². The molecule has 0 aromatic carbocycles. The smallest absolute Gasteiger partial charge is 0.0530 e. The fourth-order valence-electron chi connectivity index (χ4n) is 1.21. The number of hydrogen-bond acceptors (Lipinski definition) is 2. The van der Waals surface area contributed by atoms with Gasteiger partial charge in [-0.2, -0.15) is 16.9 Å². The highest BCUT2D eigenvalue weighted by atomic mass is 32.2. The summed E-state index contributed by atoms with van der Waals surface area (Å²) in [4.78, 5) is 0. The summed E-state index contributed by atoms with van der Waals surface area (Å²) in [7, 11) is 0. The summed E-state index contributed by atoms with van der Waals surface area (Å²) in [6.45, 7) is 0. The lowest BCUT2D eigenvalue weighted by atomic mass is 10.2. The summed E-state index contributed by atoms with van der Waals surface area (Å²) < 4.78 is 0. The molecule has 3 heteroatoms. The Balaban J connectivity index is 2.28. The maximum absolute atomic E-state index is 4.01. The SMILES string of the molecule is c1n[nH]c2c1CSCCC2. The zero-order valence-electron chi connectivity index (χ0n) is 5.76. The van der Waals surface area contributed by atoms with Crippen molar-refractivity contribution in [2.24, 2.45) is 0 Å². The summed E-state index contributed by atoms with van der Waals surface area (Å²) in [6, 6.07) is 0. The molecule has 1 aliphatic rings. The summed E-state index contributed by atoms with van der Waals surface area (Å²) >= 11 is 2.00. The van der Waals surface area contributed by atoms with Gasteiger partial charge < -0.3 is 0 Å². The van der Waals surface area contributed by atoms with Gasteiger partial charge in [0.25, 0.3) is 0 Å². The van der Waals surface area contributed by atoms with Gasteiger partial charge >= 0.3 is 0 Å². The van der Waals surface area contributed by atoms with Crippen LogP contribution in [-0.2, 0) is 12.2 Å². The Morgan fingerprint density at radius 3 is 3.60 bits per heavy atom. The van der Waals surface area contributed by atoms with Gasteiger partial charge in [-0.1, -0.05) is 0 Å². The van der Waals surface area contributed by atoms with Crippen molar-refractivity contribution in [3.05, 3.63) is 17.5 Å². The standard InChI is InChI=1S/C7H10N2S/c1-2-7-6(4-8-9-7)5-10-3-1/h4H,1-3,5H2,(H,8,9). The highest BCUT2D eigenvalue weighted by Gasteiger charge is 2.08. The van der Waals surface area contributed by atoms with Crippen LogP contribution in [0.5, 0.6) is 0 Å². The Labute approximate surface area is 64.4 Å². The molecule has 10 heavy (non-hydrogen) atoms. The largest absolute Gasteiger partial charge is 0.282 e. The molecule has 1 aromatic heterocycles. The van der Waals surface area contributed by atoms with Gasteiger partial charge in [-0.3, -0.25) is 5.10 Å². The van der Waals surface area contributed by atoms with Crippen LogP contribution >= 0.6 is 11.8 Å². The van der Waals surface area contributed by atoms with E-state index in [1.165, 1.54) is 29.9 Å². The minimum absolute atomic E-state index is 1.14. The molecule has 1 aromatic rings. The van der Waals surface area contributed by atoms with Crippen molar-refractivity contribution in [1.29, 1.82) is 0 Å². The summed E-state index contributed by atoms with van der Waals surface area (Å²) in [5.74, 6) is 2.44. The maximum Gasteiger partial charge on any atom is 0.0530 e. The molecule has 0 fully saturated rings. The van der Waals surface area contributed by atoms with Crippen LogP contribution in [0.1, 0.15) is 17.7 Å². The van der Waals surface area contributed by atoms with Crippen LogP contribution < -0.4 is 0 Å². The number of fused-ring (bicyclic) bond motifs is 1. The Morgan fingerprint density at radius 2 is 2.60 bits per heavy atom. The molecule has 2 nitrogen and oxygen atoms in total. The van der Waals surface area contributed by atoms with E-state index >= 15 is 0 Å². The first-order chi connectivity index (χ1) is 4.97. The van der Waals surface area contributed by atoms with Crippen LogP contribution in [0.4, 0.5) is 0 Å². The molecule has 0 bridgehead atoms. The minimum Gasteiger partial charge on any atom is -0.282 e. The third-order valence-electron chi connectivity index (χ3n) is 1.78. The average molecular weight is 154 g/mol. The molecule has 1 N–H and O–H groups in total. The Hall–Kier alpha value is -0.440. The molecule has 0 aliphatic carbocycles. The van der Waals surface area contributed by atoms with E-state index in [1.807, 2.05) is 18.0 Å². The van der Waals surface area contributed by atoms with Crippen molar-refractivity contribution in [3.63, 3.8) is 0 Å². The Bertz CT molecular complexity index is 199. The normalized spacial score (nSPS) is 18.0. The molecule has 0 spiro atoms. The molecular formula is C7H10N2S. The van der Waals surface area contributed by atoms with Crippen LogP contribution in [0.15, 0.2) is 6.20 Å². The summed E-state index contributed by atoms with van der Waals surface area (Å²) in [6.07, 6.45) is 4.43. The maximum atomic E-state index is 4.01. The number of nitrogens with one attached hydrogen (secondary N) is 1. The highest BCUT2D eigenvalue weighted by Crippen LogP contribution is 2.21. The van der Waals surface area contributed by atoms with Crippen LogP contribution in [0, 0.1) is 0 Å². The van der Waals surface area contributed by atoms with Gasteiger partial charge in [0, 0.05) is 17.0 Å². The third kappa shape index (κ3) is 1.06. The second kappa shape index (κ2) is 2.66. The van der Waals surface area contributed by atoms with Crippen molar-refractivity contribution >= 4 is 11.8 Å². The van der Waals surface area contributed by atoms with E-state index in [4.69, 9.17) is 0 Å². The van der Waals surface area contributed by atoms with E-state index in [0.717, 1.165) is 5.75 Å². The number of rotatable bonds is 0. The van der Waals surface area contributed by atoms with Crippen molar-refractivity contribution in [2.45, 2.75) is 18.6 Å². The van der Waals surface area contributed by atoms with Crippen molar-refractivity contribution in [3.8, 4) is 0 Å². The van der Waals surface area contributed by atoms with E-state index in [0.29, 0.717) is 0 Å². The van der Waals surface area contributed by atoms with E-state index in [2.05, 4.69) is 10.2 Å². The van der Waals surface area contributed by atoms with Gasteiger partial charge in [-0.05, 0) is 18.6 Å². The molecule has 54 valence electrons. The monoisotopic (exact) mass is 154 g/mol. The molecule has 0 amide bonds. The van der Waals surface area contributed by atoms with Crippen molar-refractivity contribution in [2.75, 3.05) is 5.75 Å². The lowest BCUT2D eigenvalue weighted by Crippen LogP contribution is -1.86. The Kier molecular flexibility index (Phi) is 1.67. The first kappa shape index (κ1) is 6.28. The number of nitrogens with zero attached hydrogens (tertiary/aromatic N) is 1. The molecule has 0 radical (unpaired) electrons. The third-order valence-corrected chi connectivity index (χ3v) is 2.87. The molecule has 0 atom stereocenters. The molecule has 0 saturated carbocycles. The zero-order valence-corrected chi connectivity index (χ0v) is 6.58. The highest BCUT2D eigenvalue weighted by molar-refractivity contribution is 7.98. The first-order valence-electron chi connectivity index (χ1n) is 3.55.